The number of carbonyl (C=O) groups is 3. The second-order valence-electron chi connectivity index (χ2n) is 5.11. The van der Waals surface area contributed by atoms with E-state index in [1.807, 2.05) is 0 Å². The predicted molar refractivity (Wildman–Crippen MR) is 91.3 cm³/mol. The van der Waals surface area contributed by atoms with E-state index in [-0.39, 0.29) is 18.2 Å². The first-order valence-corrected chi connectivity index (χ1v) is 7.32. The molecule has 2 rings (SSSR count). The standard InChI is InChI=1S/C18H18N2O4/c1-12(21)13-5-3-7-15(9-13)19-11-17(22)20-16-8-4-6-14(10-16)18(23)24-2/h3-10,19H,11H2,1-2H3,(H,20,22). The molecule has 2 N–H and O–H groups in total. The number of ketones is 1. The van der Waals surface area contributed by atoms with E-state index in [0.717, 1.165) is 0 Å². The zero-order valence-corrected chi connectivity index (χ0v) is 13.5. The van der Waals surface area contributed by atoms with E-state index in [2.05, 4.69) is 15.4 Å². The number of methoxy groups -OCH3 is 1. The van der Waals surface area contributed by atoms with Crippen LogP contribution in [0, 0.1) is 0 Å². The molecule has 0 aliphatic carbocycles. The zero-order valence-electron chi connectivity index (χ0n) is 13.5. The lowest BCUT2D eigenvalue weighted by Gasteiger charge is -2.09. The smallest absolute Gasteiger partial charge is 0.337 e. The number of ether oxygens (including phenoxy) is 1. The zero-order chi connectivity index (χ0) is 17.5. The summed E-state index contributed by atoms with van der Waals surface area (Å²) in [5.41, 5.74) is 2.12. The van der Waals surface area contributed by atoms with Gasteiger partial charge in [-0.25, -0.2) is 4.79 Å². The molecule has 0 unspecified atom stereocenters. The van der Waals surface area contributed by atoms with E-state index < -0.39 is 5.97 Å². The molecule has 0 aliphatic rings. The van der Waals surface area contributed by atoms with Crippen LogP contribution in [0.3, 0.4) is 0 Å². The fourth-order valence-electron chi connectivity index (χ4n) is 2.08. The van der Waals surface area contributed by atoms with Gasteiger partial charge in [0.15, 0.2) is 5.78 Å². The first-order chi connectivity index (χ1) is 11.5. The highest BCUT2D eigenvalue weighted by Crippen LogP contribution is 2.13. The minimum absolute atomic E-state index is 0.0316. The first-order valence-electron chi connectivity index (χ1n) is 7.32. The maximum absolute atomic E-state index is 12.0. The molecule has 0 radical (unpaired) electrons. The van der Waals surface area contributed by atoms with Crippen LogP contribution in [0.1, 0.15) is 27.6 Å². The van der Waals surface area contributed by atoms with Crippen molar-refractivity contribution < 1.29 is 19.1 Å². The summed E-state index contributed by atoms with van der Waals surface area (Å²) in [6, 6.07) is 13.4. The summed E-state index contributed by atoms with van der Waals surface area (Å²) < 4.78 is 4.64. The fraction of sp³-hybridized carbons (Fsp3) is 0.167. The molecular weight excluding hydrogens is 308 g/mol. The maximum Gasteiger partial charge on any atom is 0.337 e. The Bertz CT molecular complexity index is 771. The Balaban J connectivity index is 1.95. The molecule has 0 aromatic heterocycles. The Morgan fingerprint density at radius 2 is 1.58 bits per heavy atom. The highest BCUT2D eigenvalue weighted by atomic mass is 16.5. The molecule has 0 spiro atoms. The van der Waals surface area contributed by atoms with Crippen LogP contribution in [0.15, 0.2) is 48.5 Å². The topological polar surface area (TPSA) is 84.5 Å². The van der Waals surface area contributed by atoms with Gasteiger partial charge in [0.2, 0.25) is 5.91 Å². The number of hydrogen-bond donors (Lipinski definition) is 2. The van der Waals surface area contributed by atoms with Gasteiger partial charge in [-0.1, -0.05) is 18.2 Å². The van der Waals surface area contributed by atoms with Crippen molar-refractivity contribution in [1.82, 2.24) is 0 Å². The van der Waals surface area contributed by atoms with Crippen molar-refractivity contribution in [2.75, 3.05) is 24.3 Å². The lowest BCUT2D eigenvalue weighted by Crippen LogP contribution is -2.22. The van der Waals surface area contributed by atoms with Crippen LogP contribution in [0.4, 0.5) is 11.4 Å². The van der Waals surface area contributed by atoms with Gasteiger partial charge in [-0.05, 0) is 37.3 Å². The second-order valence-corrected chi connectivity index (χ2v) is 5.11. The van der Waals surface area contributed by atoms with Crippen LogP contribution in [-0.4, -0.2) is 31.3 Å². The van der Waals surface area contributed by atoms with E-state index in [0.29, 0.717) is 22.5 Å². The molecule has 1 amide bonds. The quantitative estimate of drug-likeness (QED) is 0.630. The summed E-state index contributed by atoms with van der Waals surface area (Å²) in [6.45, 7) is 1.52. The molecule has 2 aromatic rings. The van der Waals surface area contributed by atoms with Crippen LogP contribution in [0.5, 0.6) is 0 Å². The third-order valence-corrected chi connectivity index (χ3v) is 3.29. The van der Waals surface area contributed by atoms with E-state index >= 15 is 0 Å². The van der Waals surface area contributed by atoms with E-state index in [1.54, 1.807) is 48.5 Å². The lowest BCUT2D eigenvalue weighted by molar-refractivity contribution is -0.114. The Morgan fingerprint density at radius 3 is 2.25 bits per heavy atom. The van der Waals surface area contributed by atoms with Crippen molar-refractivity contribution in [1.29, 1.82) is 0 Å². The summed E-state index contributed by atoms with van der Waals surface area (Å²) in [7, 11) is 1.30. The molecule has 124 valence electrons. The van der Waals surface area contributed by atoms with Gasteiger partial charge in [0.05, 0.1) is 19.2 Å². The monoisotopic (exact) mass is 326 g/mol. The predicted octanol–water partition coefficient (Wildman–Crippen LogP) is 2.73. The first kappa shape index (κ1) is 17.2. The molecule has 24 heavy (non-hydrogen) atoms. The molecule has 0 fully saturated rings. The summed E-state index contributed by atoms with van der Waals surface area (Å²) in [5.74, 6) is -0.779. The van der Waals surface area contributed by atoms with Crippen molar-refractivity contribution in [2.45, 2.75) is 6.92 Å². The van der Waals surface area contributed by atoms with Crippen molar-refractivity contribution in [2.24, 2.45) is 0 Å². The van der Waals surface area contributed by atoms with Gasteiger partial charge >= 0.3 is 5.97 Å². The Kier molecular flexibility index (Phi) is 5.68. The van der Waals surface area contributed by atoms with E-state index in [1.165, 1.54) is 14.0 Å². The van der Waals surface area contributed by atoms with Crippen LogP contribution in [0.2, 0.25) is 0 Å². The van der Waals surface area contributed by atoms with Gasteiger partial charge in [-0.15, -0.1) is 0 Å². The molecule has 0 atom stereocenters. The number of carbonyl (C=O) groups excluding carboxylic acids is 3. The average molecular weight is 326 g/mol. The van der Waals surface area contributed by atoms with Gasteiger partial charge in [0.1, 0.15) is 0 Å². The highest BCUT2D eigenvalue weighted by Gasteiger charge is 2.08. The average Bonchev–Trinajstić information content (AvgIpc) is 2.59. The van der Waals surface area contributed by atoms with Gasteiger partial charge < -0.3 is 15.4 Å². The van der Waals surface area contributed by atoms with Crippen LogP contribution in [0.25, 0.3) is 0 Å². The number of Topliss-reactive ketones (excluding diaryl/α,β-unsaturated/α-hetero) is 1. The number of hydrogen-bond acceptors (Lipinski definition) is 5. The van der Waals surface area contributed by atoms with E-state index in [4.69, 9.17) is 0 Å². The van der Waals surface area contributed by atoms with E-state index in [9.17, 15) is 14.4 Å². The van der Waals surface area contributed by atoms with Gasteiger partial charge in [-0.2, -0.15) is 0 Å². The summed E-state index contributed by atoms with van der Waals surface area (Å²) in [5, 5.41) is 5.65. The fourth-order valence-corrected chi connectivity index (χ4v) is 2.08. The van der Waals surface area contributed by atoms with Crippen LogP contribution in [-0.2, 0) is 9.53 Å². The maximum atomic E-state index is 12.0. The summed E-state index contributed by atoms with van der Waals surface area (Å²) >= 11 is 0. The van der Waals surface area contributed by atoms with Crippen molar-refractivity contribution >= 4 is 29.0 Å². The number of esters is 1. The minimum Gasteiger partial charge on any atom is -0.465 e. The Morgan fingerprint density at radius 1 is 0.958 bits per heavy atom. The molecule has 0 saturated carbocycles. The van der Waals surface area contributed by atoms with Crippen molar-refractivity contribution in [3.63, 3.8) is 0 Å². The highest BCUT2D eigenvalue weighted by molar-refractivity contribution is 5.97. The lowest BCUT2D eigenvalue weighted by atomic mass is 10.1. The molecule has 2 aromatic carbocycles. The molecule has 0 aliphatic heterocycles. The summed E-state index contributed by atoms with van der Waals surface area (Å²) in [4.78, 5) is 34.8. The van der Waals surface area contributed by atoms with Crippen LogP contribution >= 0.6 is 0 Å². The number of benzene rings is 2. The van der Waals surface area contributed by atoms with Gasteiger partial charge in [-0.3, -0.25) is 9.59 Å². The number of amides is 1. The number of nitrogens with one attached hydrogen (secondary N) is 2. The molecular formula is C18H18N2O4. The Labute approximate surface area is 139 Å². The third-order valence-electron chi connectivity index (χ3n) is 3.29. The minimum atomic E-state index is -0.467. The molecule has 0 bridgehead atoms. The van der Waals surface area contributed by atoms with Crippen LogP contribution < -0.4 is 10.6 Å². The number of anilines is 2. The third kappa shape index (κ3) is 4.67. The molecule has 0 saturated heterocycles. The van der Waals surface area contributed by atoms with Crippen molar-refractivity contribution in [3.05, 3.63) is 59.7 Å². The largest absolute Gasteiger partial charge is 0.465 e. The van der Waals surface area contributed by atoms with Gasteiger partial charge in [0, 0.05) is 16.9 Å². The summed E-state index contributed by atoms with van der Waals surface area (Å²) in [6.07, 6.45) is 0. The molecule has 6 nitrogen and oxygen atoms in total. The SMILES string of the molecule is COC(=O)c1cccc(NC(=O)CNc2cccc(C(C)=O)c2)c1. The number of rotatable bonds is 6. The second kappa shape index (κ2) is 7.92. The molecule has 0 heterocycles. The Hall–Kier alpha value is -3.15. The normalized spacial score (nSPS) is 9.92. The van der Waals surface area contributed by atoms with Gasteiger partial charge in [0.25, 0.3) is 0 Å². The van der Waals surface area contributed by atoms with Crippen molar-refractivity contribution in [3.8, 4) is 0 Å². The molecule has 6 heteroatoms.